The number of benzene rings is 1. The first-order valence-corrected chi connectivity index (χ1v) is 6.63. The number of hydrogen-bond donors (Lipinski definition) is 2. The molecule has 1 unspecified atom stereocenters. The summed E-state index contributed by atoms with van der Waals surface area (Å²) in [6.45, 7) is 4.99. The number of furan rings is 1. The second-order valence-corrected chi connectivity index (χ2v) is 5.35. The monoisotopic (exact) mass is 291 g/mol. The van der Waals surface area contributed by atoms with E-state index in [1.807, 2.05) is 0 Å². The Kier molecular flexibility index (Phi) is 4.14. The van der Waals surface area contributed by atoms with E-state index in [0.29, 0.717) is 11.5 Å². The molecule has 0 aliphatic carbocycles. The number of carbonyl (C=O) groups is 1. The highest BCUT2D eigenvalue weighted by Gasteiger charge is 2.28. The number of halogens is 1. The van der Waals surface area contributed by atoms with Gasteiger partial charge in [0.2, 0.25) is 0 Å². The molecule has 2 aromatic rings. The fourth-order valence-electron chi connectivity index (χ4n) is 1.97. The van der Waals surface area contributed by atoms with Gasteiger partial charge in [0, 0.05) is 0 Å². The van der Waals surface area contributed by atoms with E-state index in [2.05, 4.69) is 5.32 Å². The van der Waals surface area contributed by atoms with Gasteiger partial charge in [0.15, 0.2) is 0 Å². The minimum atomic E-state index is -1.36. The van der Waals surface area contributed by atoms with Crippen LogP contribution in [0.25, 0.3) is 0 Å². The minimum Gasteiger partial charge on any atom is -0.463 e. The van der Waals surface area contributed by atoms with Crippen molar-refractivity contribution in [2.45, 2.75) is 26.4 Å². The second-order valence-electron chi connectivity index (χ2n) is 5.35. The van der Waals surface area contributed by atoms with Gasteiger partial charge in [0.25, 0.3) is 5.91 Å². The summed E-state index contributed by atoms with van der Waals surface area (Å²) in [6, 6.07) is 7.68. The first-order chi connectivity index (χ1) is 9.79. The van der Waals surface area contributed by atoms with Crippen molar-refractivity contribution in [1.82, 2.24) is 5.32 Å². The Morgan fingerprint density at radius 2 is 2.05 bits per heavy atom. The molecule has 1 aromatic carbocycles. The van der Waals surface area contributed by atoms with Gasteiger partial charge in [0.05, 0.1) is 12.1 Å². The van der Waals surface area contributed by atoms with Gasteiger partial charge in [0.1, 0.15) is 22.9 Å². The first-order valence-electron chi connectivity index (χ1n) is 6.63. The van der Waals surface area contributed by atoms with Crippen molar-refractivity contribution < 1.29 is 18.7 Å². The van der Waals surface area contributed by atoms with Gasteiger partial charge in [-0.3, -0.25) is 4.79 Å². The molecule has 1 amide bonds. The van der Waals surface area contributed by atoms with Crippen LogP contribution in [0.5, 0.6) is 0 Å². The lowest BCUT2D eigenvalue weighted by atomic mass is 10.0. The maximum Gasteiger partial charge on any atom is 0.254 e. The largest absolute Gasteiger partial charge is 0.463 e. The molecule has 4 nitrogen and oxygen atoms in total. The SMILES string of the molecule is Cc1ccc(F)c(C(=O)NCC(C)(O)c2ccc(C)o2)c1. The third-order valence-corrected chi connectivity index (χ3v) is 3.23. The Morgan fingerprint density at radius 3 is 2.67 bits per heavy atom. The van der Waals surface area contributed by atoms with Gasteiger partial charge in [-0.2, -0.15) is 0 Å². The molecule has 0 fully saturated rings. The number of aryl methyl sites for hydroxylation is 2. The van der Waals surface area contributed by atoms with Gasteiger partial charge in [-0.05, 0) is 45.0 Å². The maximum absolute atomic E-state index is 13.6. The standard InChI is InChI=1S/C16H18FNO3/c1-10-4-6-13(17)12(8-10)15(19)18-9-16(3,20)14-7-5-11(2)21-14/h4-8,20H,9H2,1-3H3,(H,18,19). The van der Waals surface area contributed by atoms with E-state index in [9.17, 15) is 14.3 Å². The molecule has 0 bridgehead atoms. The van der Waals surface area contributed by atoms with Crippen molar-refractivity contribution >= 4 is 5.91 Å². The van der Waals surface area contributed by atoms with E-state index in [-0.39, 0.29) is 12.1 Å². The molecule has 0 saturated heterocycles. The summed E-state index contributed by atoms with van der Waals surface area (Å²) in [6.07, 6.45) is 0. The predicted molar refractivity (Wildman–Crippen MR) is 76.5 cm³/mol. The van der Waals surface area contributed by atoms with E-state index in [4.69, 9.17) is 4.42 Å². The average molecular weight is 291 g/mol. The van der Waals surface area contributed by atoms with Crippen LogP contribution in [0, 0.1) is 19.7 Å². The van der Waals surface area contributed by atoms with Crippen LogP contribution >= 0.6 is 0 Å². The third-order valence-electron chi connectivity index (χ3n) is 3.23. The van der Waals surface area contributed by atoms with Crippen molar-refractivity contribution in [2.75, 3.05) is 6.54 Å². The summed E-state index contributed by atoms with van der Waals surface area (Å²) in [5.74, 6) is -0.141. The van der Waals surface area contributed by atoms with Crippen molar-refractivity contribution in [2.24, 2.45) is 0 Å². The van der Waals surface area contributed by atoms with E-state index in [1.54, 1.807) is 32.0 Å². The molecule has 2 rings (SSSR count). The minimum absolute atomic E-state index is 0.0403. The van der Waals surface area contributed by atoms with Crippen LogP contribution < -0.4 is 5.32 Å². The van der Waals surface area contributed by atoms with E-state index >= 15 is 0 Å². The highest BCUT2D eigenvalue weighted by Crippen LogP contribution is 2.22. The maximum atomic E-state index is 13.6. The van der Waals surface area contributed by atoms with Gasteiger partial charge >= 0.3 is 0 Å². The summed E-state index contributed by atoms with van der Waals surface area (Å²) in [5.41, 5.74) is -0.610. The molecule has 0 radical (unpaired) electrons. The Morgan fingerprint density at radius 1 is 1.33 bits per heavy atom. The van der Waals surface area contributed by atoms with Gasteiger partial charge in [-0.25, -0.2) is 4.39 Å². The second kappa shape index (κ2) is 5.69. The predicted octanol–water partition coefficient (Wildman–Crippen LogP) is 2.67. The fraction of sp³-hybridized carbons (Fsp3) is 0.312. The number of rotatable bonds is 4. The zero-order valence-corrected chi connectivity index (χ0v) is 12.2. The fourth-order valence-corrected chi connectivity index (χ4v) is 1.97. The van der Waals surface area contributed by atoms with Gasteiger partial charge in [-0.15, -0.1) is 0 Å². The highest BCUT2D eigenvalue weighted by molar-refractivity contribution is 5.94. The normalized spacial score (nSPS) is 13.8. The molecule has 1 aromatic heterocycles. The van der Waals surface area contributed by atoms with Crippen LogP contribution in [-0.2, 0) is 5.60 Å². The van der Waals surface area contributed by atoms with E-state index in [0.717, 1.165) is 5.56 Å². The summed E-state index contributed by atoms with van der Waals surface area (Å²) in [7, 11) is 0. The number of carbonyl (C=O) groups excluding carboxylic acids is 1. The zero-order valence-electron chi connectivity index (χ0n) is 12.2. The zero-order chi connectivity index (χ0) is 15.6. The molecule has 21 heavy (non-hydrogen) atoms. The highest BCUT2D eigenvalue weighted by atomic mass is 19.1. The van der Waals surface area contributed by atoms with Crippen LogP contribution in [0.1, 0.15) is 34.4 Å². The van der Waals surface area contributed by atoms with E-state index < -0.39 is 17.3 Å². The Balaban J connectivity index is 2.08. The molecule has 1 heterocycles. The third kappa shape index (κ3) is 3.49. The molecule has 0 aliphatic heterocycles. The molecule has 5 heteroatoms. The van der Waals surface area contributed by atoms with Crippen molar-refractivity contribution in [3.05, 3.63) is 58.8 Å². The first kappa shape index (κ1) is 15.3. The van der Waals surface area contributed by atoms with Crippen LogP contribution in [0.3, 0.4) is 0 Å². The molecule has 0 saturated carbocycles. The van der Waals surface area contributed by atoms with E-state index in [1.165, 1.54) is 19.1 Å². The molecule has 1 atom stereocenters. The lowest BCUT2D eigenvalue weighted by molar-refractivity contribution is 0.0322. The molecule has 112 valence electrons. The van der Waals surface area contributed by atoms with Crippen LogP contribution in [0.15, 0.2) is 34.7 Å². The Labute approximate surface area is 122 Å². The molecular formula is C16H18FNO3. The lowest BCUT2D eigenvalue weighted by Gasteiger charge is -2.21. The average Bonchev–Trinajstić information content (AvgIpc) is 2.86. The molecule has 0 spiro atoms. The number of aliphatic hydroxyl groups is 1. The molecule has 2 N–H and O–H groups in total. The summed E-state index contributed by atoms with van der Waals surface area (Å²) < 4.78 is 19.0. The topological polar surface area (TPSA) is 62.5 Å². The van der Waals surface area contributed by atoms with Crippen molar-refractivity contribution in [3.63, 3.8) is 0 Å². The summed E-state index contributed by atoms with van der Waals surface area (Å²) >= 11 is 0. The Bertz CT molecular complexity index is 661. The quantitative estimate of drug-likeness (QED) is 0.910. The lowest BCUT2D eigenvalue weighted by Crippen LogP contribution is -2.38. The summed E-state index contributed by atoms with van der Waals surface area (Å²) in [4.78, 5) is 12.0. The smallest absolute Gasteiger partial charge is 0.254 e. The number of amides is 1. The van der Waals surface area contributed by atoms with Crippen molar-refractivity contribution in [1.29, 1.82) is 0 Å². The van der Waals surface area contributed by atoms with Gasteiger partial charge < -0.3 is 14.8 Å². The molecule has 0 aliphatic rings. The molecular weight excluding hydrogens is 273 g/mol. The van der Waals surface area contributed by atoms with Crippen molar-refractivity contribution in [3.8, 4) is 0 Å². The summed E-state index contributed by atoms with van der Waals surface area (Å²) in [5, 5.41) is 12.8. The number of hydrogen-bond acceptors (Lipinski definition) is 3. The Hall–Kier alpha value is -2.14. The number of nitrogens with one attached hydrogen (secondary N) is 1. The van der Waals surface area contributed by atoms with Crippen LogP contribution in [0.2, 0.25) is 0 Å². The van der Waals surface area contributed by atoms with Crippen LogP contribution in [0.4, 0.5) is 4.39 Å². The van der Waals surface area contributed by atoms with Crippen LogP contribution in [-0.4, -0.2) is 17.6 Å². The van der Waals surface area contributed by atoms with Gasteiger partial charge in [-0.1, -0.05) is 11.6 Å².